The Morgan fingerprint density at radius 1 is 1.02 bits per heavy atom. The Labute approximate surface area is 238 Å². The third-order valence-electron chi connectivity index (χ3n) is 5.62. The van der Waals surface area contributed by atoms with Crippen molar-refractivity contribution >= 4 is 58.1 Å². The van der Waals surface area contributed by atoms with Gasteiger partial charge in [-0.25, -0.2) is 14.6 Å². The molecule has 0 saturated carbocycles. The summed E-state index contributed by atoms with van der Waals surface area (Å²) in [6.07, 6.45) is 1.62. The fraction of sp³-hybridized carbons (Fsp3) is 0.143. The molecule has 1 aliphatic rings. The number of thioether (sulfide) groups is 1. The molecular weight excluding hydrogens is 560 g/mol. The Balaban J connectivity index is 1.69. The third kappa shape index (κ3) is 6.74. The number of hydrogen-bond acceptors (Lipinski definition) is 8. The Bertz CT molecular complexity index is 1500. The van der Waals surface area contributed by atoms with Crippen LogP contribution in [0.4, 0.5) is 5.69 Å². The maximum atomic E-state index is 13.6. The third-order valence-corrected chi connectivity index (χ3v) is 6.90. The summed E-state index contributed by atoms with van der Waals surface area (Å²) in [7, 11) is 2.95. The first-order chi connectivity index (χ1) is 19.2. The summed E-state index contributed by atoms with van der Waals surface area (Å²) in [6.45, 7) is -0.442. The van der Waals surface area contributed by atoms with E-state index in [0.29, 0.717) is 32.6 Å². The Kier molecular flexibility index (Phi) is 8.97. The van der Waals surface area contributed by atoms with Gasteiger partial charge < -0.3 is 24.4 Å². The summed E-state index contributed by atoms with van der Waals surface area (Å²) >= 11 is 7.51. The quantitative estimate of drug-likeness (QED) is 0.304. The second kappa shape index (κ2) is 12.6. The summed E-state index contributed by atoms with van der Waals surface area (Å²) in [6, 6.07) is 16.4. The number of amides is 1. The molecule has 0 unspecified atom stereocenters. The minimum Gasteiger partial charge on any atom is -0.497 e. The second-order valence-electron chi connectivity index (χ2n) is 8.31. The molecule has 4 rings (SSSR count). The zero-order valence-corrected chi connectivity index (χ0v) is 22.9. The maximum absolute atomic E-state index is 13.6. The molecular formula is C28H23ClN2O8S. The number of benzene rings is 3. The predicted octanol–water partition coefficient (Wildman–Crippen LogP) is 5.32. The monoisotopic (exact) mass is 582 g/mol. The van der Waals surface area contributed by atoms with E-state index >= 15 is 0 Å². The highest BCUT2D eigenvalue weighted by Gasteiger charge is 2.33. The SMILES string of the molecule is COc1ccc(N=C2S/C(=C\c3cc(Cl)c(OCC(=O)O)c(OC)c3)C(=O)N2Cc2ccc(C(=O)O)cc2)cc1. The fourth-order valence-corrected chi connectivity index (χ4v) is 4.95. The van der Waals surface area contributed by atoms with Crippen molar-refractivity contribution in [3.63, 3.8) is 0 Å². The highest BCUT2D eigenvalue weighted by atomic mass is 35.5. The van der Waals surface area contributed by atoms with Gasteiger partial charge in [0.15, 0.2) is 23.3 Å². The van der Waals surface area contributed by atoms with E-state index < -0.39 is 18.5 Å². The van der Waals surface area contributed by atoms with Crippen LogP contribution in [-0.2, 0) is 16.1 Å². The Hall–Kier alpha value is -4.48. The van der Waals surface area contributed by atoms with Gasteiger partial charge in [-0.3, -0.25) is 9.69 Å². The van der Waals surface area contributed by atoms with Crippen LogP contribution in [0.25, 0.3) is 6.08 Å². The largest absolute Gasteiger partial charge is 0.497 e. The van der Waals surface area contributed by atoms with Crippen LogP contribution in [0.15, 0.2) is 70.6 Å². The predicted molar refractivity (Wildman–Crippen MR) is 151 cm³/mol. The van der Waals surface area contributed by atoms with Crippen molar-refractivity contribution in [2.45, 2.75) is 6.54 Å². The van der Waals surface area contributed by atoms with E-state index in [4.69, 9.17) is 30.9 Å². The lowest BCUT2D eigenvalue weighted by Crippen LogP contribution is -2.28. The van der Waals surface area contributed by atoms with E-state index in [9.17, 15) is 19.5 Å². The standard InChI is InChI=1S/C28H23ClN2O8S/c1-37-20-9-7-19(8-10-20)30-28-31(14-16-3-5-18(6-4-16)27(35)36)26(34)23(40-28)13-17-11-21(29)25(22(12-17)38-2)39-15-24(32)33/h3-13H,14-15H2,1-2H3,(H,32,33)(H,35,36)/b23-13-,30-28?. The normalized spacial score (nSPS) is 15.0. The van der Waals surface area contributed by atoms with E-state index in [1.165, 1.54) is 30.2 Å². The summed E-state index contributed by atoms with van der Waals surface area (Å²) in [4.78, 5) is 42.2. The lowest BCUT2D eigenvalue weighted by Gasteiger charge is -2.16. The molecule has 10 nitrogen and oxygen atoms in total. The highest BCUT2D eigenvalue weighted by Crippen LogP contribution is 2.40. The average Bonchev–Trinajstić information content (AvgIpc) is 3.21. The van der Waals surface area contributed by atoms with Crippen molar-refractivity contribution < 1.29 is 38.8 Å². The lowest BCUT2D eigenvalue weighted by atomic mass is 10.1. The van der Waals surface area contributed by atoms with E-state index in [0.717, 1.165) is 11.8 Å². The number of carbonyl (C=O) groups excluding carboxylic acids is 1. The molecule has 1 heterocycles. The number of methoxy groups -OCH3 is 2. The van der Waals surface area contributed by atoms with Gasteiger partial charge in [-0.1, -0.05) is 23.7 Å². The Morgan fingerprint density at radius 2 is 1.73 bits per heavy atom. The smallest absolute Gasteiger partial charge is 0.341 e. The van der Waals surface area contributed by atoms with Crippen LogP contribution in [0, 0.1) is 0 Å². The lowest BCUT2D eigenvalue weighted by molar-refractivity contribution is -0.139. The fourth-order valence-electron chi connectivity index (χ4n) is 3.68. The maximum Gasteiger partial charge on any atom is 0.341 e. The number of ether oxygens (including phenoxy) is 3. The van der Waals surface area contributed by atoms with Gasteiger partial charge in [-0.05, 0) is 77.5 Å². The first-order valence-corrected chi connectivity index (χ1v) is 12.9. The van der Waals surface area contributed by atoms with E-state index in [2.05, 4.69) is 4.99 Å². The van der Waals surface area contributed by atoms with Gasteiger partial charge in [0.1, 0.15) is 5.75 Å². The van der Waals surface area contributed by atoms with Gasteiger partial charge in [0.2, 0.25) is 0 Å². The number of carbonyl (C=O) groups is 3. The van der Waals surface area contributed by atoms with Crippen molar-refractivity contribution in [3.8, 4) is 17.2 Å². The molecule has 0 radical (unpaired) electrons. The number of aromatic carboxylic acids is 1. The Morgan fingerprint density at radius 3 is 2.33 bits per heavy atom. The van der Waals surface area contributed by atoms with Crippen LogP contribution in [0.1, 0.15) is 21.5 Å². The van der Waals surface area contributed by atoms with E-state index in [1.54, 1.807) is 55.7 Å². The van der Waals surface area contributed by atoms with Gasteiger partial charge in [-0.15, -0.1) is 0 Å². The van der Waals surface area contributed by atoms with Crippen LogP contribution < -0.4 is 14.2 Å². The summed E-state index contributed by atoms with van der Waals surface area (Å²) < 4.78 is 15.8. The average molecular weight is 583 g/mol. The summed E-state index contributed by atoms with van der Waals surface area (Å²) in [5.41, 5.74) is 1.98. The van der Waals surface area contributed by atoms with E-state index in [-0.39, 0.29) is 34.5 Å². The molecule has 3 aromatic rings. The van der Waals surface area contributed by atoms with Crippen LogP contribution in [-0.4, -0.2) is 59.0 Å². The number of carboxylic acid groups (broad SMARTS) is 2. The minimum absolute atomic E-state index is 0.0762. The van der Waals surface area contributed by atoms with E-state index in [1.807, 2.05) is 0 Å². The minimum atomic E-state index is -1.17. The van der Waals surface area contributed by atoms with Crippen molar-refractivity contribution in [2.24, 2.45) is 4.99 Å². The number of aliphatic carboxylic acids is 1. The van der Waals surface area contributed by atoms with Gasteiger partial charge in [0.25, 0.3) is 5.91 Å². The van der Waals surface area contributed by atoms with Gasteiger partial charge in [-0.2, -0.15) is 0 Å². The molecule has 206 valence electrons. The van der Waals surface area contributed by atoms with Crippen molar-refractivity contribution in [3.05, 3.63) is 87.3 Å². The molecule has 0 spiro atoms. The molecule has 1 amide bonds. The molecule has 12 heteroatoms. The number of nitrogens with zero attached hydrogens (tertiary/aromatic N) is 2. The first-order valence-electron chi connectivity index (χ1n) is 11.7. The molecule has 0 aromatic heterocycles. The van der Waals surface area contributed by atoms with Crippen molar-refractivity contribution in [2.75, 3.05) is 20.8 Å². The van der Waals surface area contributed by atoms with Gasteiger partial charge in [0, 0.05) is 0 Å². The molecule has 0 atom stereocenters. The van der Waals surface area contributed by atoms with Crippen molar-refractivity contribution in [1.29, 1.82) is 0 Å². The van der Waals surface area contributed by atoms with Crippen molar-refractivity contribution in [1.82, 2.24) is 4.90 Å². The number of rotatable bonds is 10. The molecule has 2 N–H and O–H groups in total. The number of carboxylic acids is 2. The second-order valence-corrected chi connectivity index (χ2v) is 9.73. The molecule has 0 bridgehead atoms. The number of hydrogen-bond donors (Lipinski definition) is 2. The molecule has 0 aliphatic carbocycles. The molecule has 3 aromatic carbocycles. The van der Waals surface area contributed by atoms with Crippen LogP contribution in [0.2, 0.25) is 5.02 Å². The highest BCUT2D eigenvalue weighted by molar-refractivity contribution is 8.18. The molecule has 1 saturated heterocycles. The summed E-state index contributed by atoms with van der Waals surface area (Å²) in [5, 5.41) is 18.6. The zero-order valence-electron chi connectivity index (χ0n) is 21.3. The topological polar surface area (TPSA) is 135 Å². The van der Waals surface area contributed by atoms with Crippen LogP contribution in [0.5, 0.6) is 17.2 Å². The van der Waals surface area contributed by atoms with Crippen LogP contribution in [0.3, 0.4) is 0 Å². The molecule has 1 fully saturated rings. The number of amidine groups is 1. The van der Waals surface area contributed by atoms with Gasteiger partial charge in [0.05, 0.1) is 41.9 Å². The van der Waals surface area contributed by atoms with Crippen LogP contribution >= 0.6 is 23.4 Å². The zero-order chi connectivity index (χ0) is 28.8. The first kappa shape index (κ1) is 28.5. The number of aliphatic imine (C=N–C) groups is 1. The molecule has 1 aliphatic heterocycles. The molecule has 40 heavy (non-hydrogen) atoms. The number of halogens is 1. The summed E-state index contributed by atoms with van der Waals surface area (Å²) in [5.74, 6) is -1.58. The van der Waals surface area contributed by atoms with Gasteiger partial charge >= 0.3 is 11.9 Å².